The third-order valence-corrected chi connectivity index (χ3v) is 1.82. The topological polar surface area (TPSA) is 78.8 Å². The van der Waals surface area contributed by atoms with Crippen molar-refractivity contribution >= 4 is 23.4 Å². The summed E-state index contributed by atoms with van der Waals surface area (Å²) in [5, 5.41) is 20.0. The van der Waals surface area contributed by atoms with Crippen LogP contribution in [0.2, 0.25) is 5.02 Å². The van der Waals surface area contributed by atoms with Crippen LogP contribution < -0.4 is 5.32 Å². The highest BCUT2D eigenvalue weighted by molar-refractivity contribution is 6.32. The van der Waals surface area contributed by atoms with E-state index in [1.54, 1.807) is 0 Å². The largest absolute Gasteiger partial charge is 0.506 e. The van der Waals surface area contributed by atoms with Crippen molar-refractivity contribution < 1.29 is 19.7 Å². The molecule has 0 unspecified atom stereocenters. The number of rotatable bonds is 3. The standard InChI is InChI=1S/C9H10ClNO4/c10-7-5-6(1-2-8(7)13)11-9(14)15-4-3-12/h1-2,5,12-13H,3-4H2,(H,11,14). The molecule has 0 aliphatic heterocycles. The zero-order valence-electron chi connectivity index (χ0n) is 7.74. The van der Waals surface area contributed by atoms with Gasteiger partial charge in [-0.15, -0.1) is 0 Å². The Bertz CT molecular complexity index is 356. The number of hydrogen-bond acceptors (Lipinski definition) is 4. The van der Waals surface area contributed by atoms with Crippen molar-refractivity contribution in [1.29, 1.82) is 0 Å². The first-order valence-corrected chi connectivity index (χ1v) is 4.54. The molecule has 0 aliphatic rings. The van der Waals surface area contributed by atoms with Gasteiger partial charge in [0.1, 0.15) is 12.4 Å². The van der Waals surface area contributed by atoms with E-state index in [9.17, 15) is 4.79 Å². The number of carbonyl (C=O) groups excluding carboxylic acids is 1. The van der Waals surface area contributed by atoms with Crippen LogP contribution in [0.1, 0.15) is 0 Å². The van der Waals surface area contributed by atoms with E-state index in [-0.39, 0.29) is 24.0 Å². The number of aliphatic hydroxyl groups is 1. The molecule has 1 rings (SSSR count). The van der Waals surface area contributed by atoms with E-state index < -0.39 is 6.09 Å². The van der Waals surface area contributed by atoms with Crippen LogP contribution in [-0.2, 0) is 4.74 Å². The molecule has 15 heavy (non-hydrogen) atoms. The highest BCUT2D eigenvalue weighted by atomic mass is 35.5. The van der Waals surface area contributed by atoms with Crippen molar-refractivity contribution in [1.82, 2.24) is 0 Å². The first kappa shape index (κ1) is 11.6. The van der Waals surface area contributed by atoms with Gasteiger partial charge in [-0.3, -0.25) is 5.32 Å². The number of amides is 1. The lowest BCUT2D eigenvalue weighted by atomic mass is 10.3. The van der Waals surface area contributed by atoms with Gasteiger partial charge in [0.2, 0.25) is 0 Å². The molecule has 0 saturated carbocycles. The van der Waals surface area contributed by atoms with E-state index in [0.717, 1.165) is 0 Å². The minimum atomic E-state index is -0.689. The highest BCUT2D eigenvalue weighted by Gasteiger charge is 2.04. The molecule has 0 aliphatic carbocycles. The Balaban J connectivity index is 2.57. The number of benzene rings is 1. The SMILES string of the molecule is O=C(Nc1ccc(O)c(Cl)c1)OCCO. The number of aliphatic hydroxyl groups excluding tert-OH is 1. The molecule has 0 bridgehead atoms. The minimum absolute atomic E-state index is 0.0639. The number of halogens is 1. The predicted molar refractivity (Wildman–Crippen MR) is 55.2 cm³/mol. The average molecular weight is 232 g/mol. The highest BCUT2D eigenvalue weighted by Crippen LogP contribution is 2.25. The lowest BCUT2D eigenvalue weighted by Crippen LogP contribution is -2.15. The average Bonchev–Trinajstić information content (AvgIpc) is 2.20. The van der Waals surface area contributed by atoms with Gasteiger partial charge in [0.25, 0.3) is 0 Å². The van der Waals surface area contributed by atoms with Gasteiger partial charge in [0.15, 0.2) is 0 Å². The van der Waals surface area contributed by atoms with Gasteiger partial charge in [0.05, 0.1) is 11.6 Å². The summed E-state index contributed by atoms with van der Waals surface area (Å²) in [6.07, 6.45) is -0.689. The van der Waals surface area contributed by atoms with E-state index in [1.165, 1.54) is 18.2 Å². The molecule has 1 aromatic rings. The zero-order chi connectivity index (χ0) is 11.3. The smallest absolute Gasteiger partial charge is 0.411 e. The molecule has 1 amide bonds. The Hall–Kier alpha value is -1.46. The zero-order valence-corrected chi connectivity index (χ0v) is 8.49. The molecule has 82 valence electrons. The molecule has 6 heteroatoms. The molecular formula is C9H10ClNO4. The van der Waals surface area contributed by atoms with Crippen LogP contribution in [0, 0.1) is 0 Å². The molecule has 0 fully saturated rings. The van der Waals surface area contributed by atoms with Gasteiger partial charge >= 0.3 is 6.09 Å². The fourth-order valence-corrected chi connectivity index (χ4v) is 1.06. The monoisotopic (exact) mass is 231 g/mol. The summed E-state index contributed by atoms with van der Waals surface area (Å²) >= 11 is 5.62. The van der Waals surface area contributed by atoms with E-state index in [2.05, 4.69) is 10.1 Å². The maximum atomic E-state index is 11.0. The predicted octanol–water partition coefficient (Wildman–Crippen LogP) is 1.59. The van der Waals surface area contributed by atoms with Crippen LogP contribution >= 0.6 is 11.6 Å². The molecule has 5 nitrogen and oxygen atoms in total. The number of phenolic OH excluding ortho intramolecular Hbond substituents is 1. The molecular weight excluding hydrogens is 222 g/mol. The van der Waals surface area contributed by atoms with Crippen molar-refractivity contribution in [3.8, 4) is 5.75 Å². The van der Waals surface area contributed by atoms with E-state index >= 15 is 0 Å². The van der Waals surface area contributed by atoms with Crippen LogP contribution in [0.5, 0.6) is 5.75 Å². The third kappa shape index (κ3) is 3.65. The Morgan fingerprint density at radius 3 is 2.87 bits per heavy atom. The van der Waals surface area contributed by atoms with Crippen LogP contribution in [-0.4, -0.2) is 29.5 Å². The van der Waals surface area contributed by atoms with Crippen LogP contribution in [0.4, 0.5) is 10.5 Å². The lowest BCUT2D eigenvalue weighted by molar-refractivity contribution is 0.131. The number of anilines is 1. The van der Waals surface area contributed by atoms with Crippen molar-refractivity contribution in [2.75, 3.05) is 18.5 Å². The number of carbonyl (C=O) groups is 1. The Morgan fingerprint density at radius 1 is 1.53 bits per heavy atom. The lowest BCUT2D eigenvalue weighted by Gasteiger charge is -2.06. The van der Waals surface area contributed by atoms with E-state index in [1.807, 2.05) is 0 Å². The summed E-state index contributed by atoms with van der Waals surface area (Å²) in [6, 6.07) is 4.21. The normalized spacial score (nSPS) is 9.73. The minimum Gasteiger partial charge on any atom is -0.506 e. The quantitative estimate of drug-likeness (QED) is 0.691. The van der Waals surface area contributed by atoms with Gasteiger partial charge in [0, 0.05) is 5.69 Å². The van der Waals surface area contributed by atoms with E-state index in [4.69, 9.17) is 21.8 Å². The molecule has 0 heterocycles. The molecule has 0 aromatic heterocycles. The second-order valence-corrected chi connectivity index (χ2v) is 3.06. The Kier molecular flexibility index (Phi) is 4.20. The van der Waals surface area contributed by atoms with Crippen molar-refractivity contribution in [3.63, 3.8) is 0 Å². The van der Waals surface area contributed by atoms with Crippen LogP contribution in [0.25, 0.3) is 0 Å². The summed E-state index contributed by atoms with van der Waals surface area (Å²) in [7, 11) is 0. The number of hydrogen-bond donors (Lipinski definition) is 3. The van der Waals surface area contributed by atoms with Crippen molar-refractivity contribution in [2.24, 2.45) is 0 Å². The Labute approximate surface area is 91.2 Å². The molecule has 0 spiro atoms. The molecule has 3 N–H and O–H groups in total. The summed E-state index contributed by atoms with van der Waals surface area (Å²) in [4.78, 5) is 11.0. The number of ether oxygens (including phenoxy) is 1. The Morgan fingerprint density at radius 2 is 2.27 bits per heavy atom. The van der Waals surface area contributed by atoms with E-state index in [0.29, 0.717) is 5.69 Å². The molecule has 0 radical (unpaired) electrons. The first-order valence-electron chi connectivity index (χ1n) is 4.16. The number of nitrogens with one attached hydrogen (secondary N) is 1. The van der Waals surface area contributed by atoms with Gasteiger partial charge in [-0.25, -0.2) is 4.79 Å². The van der Waals surface area contributed by atoms with Crippen molar-refractivity contribution in [3.05, 3.63) is 23.2 Å². The maximum absolute atomic E-state index is 11.0. The van der Waals surface area contributed by atoms with Crippen LogP contribution in [0.15, 0.2) is 18.2 Å². The summed E-state index contributed by atoms with van der Waals surface area (Å²) in [6.45, 7) is -0.304. The number of phenols is 1. The third-order valence-electron chi connectivity index (χ3n) is 1.52. The van der Waals surface area contributed by atoms with Crippen molar-refractivity contribution in [2.45, 2.75) is 0 Å². The maximum Gasteiger partial charge on any atom is 0.411 e. The van der Waals surface area contributed by atoms with Gasteiger partial charge < -0.3 is 14.9 Å². The second kappa shape index (κ2) is 5.43. The molecule has 0 saturated heterocycles. The van der Waals surface area contributed by atoms with Crippen LogP contribution in [0.3, 0.4) is 0 Å². The van der Waals surface area contributed by atoms with Gasteiger partial charge in [-0.2, -0.15) is 0 Å². The summed E-state index contributed by atoms with van der Waals surface area (Å²) in [5.74, 6) is -0.0639. The second-order valence-electron chi connectivity index (χ2n) is 2.65. The summed E-state index contributed by atoms with van der Waals surface area (Å²) < 4.78 is 4.56. The molecule has 0 atom stereocenters. The first-order chi connectivity index (χ1) is 7.13. The van der Waals surface area contributed by atoms with Gasteiger partial charge in [-0.05, 0) is 18.2 Å². The summed E-state index contributed by atoms with van der Waals surface area (Å²) in [5.41, 5.74) is 0.403. The fourth-order valence-electron chi connectivity index (χ4n) is 0.877. The number of aromatic hydroxyl groups is 1. The van der Waals surface area contributed by atoms with Gasteiger partial charge in [-0.1, -0.05) is 11.6 Å². The molecule has 1 aromatic carbocycles. The fraction of sp³-hybridized carbons (Fsp3) is 0.222.